The molecule has 1 aliphatic carbocycles. The molecule has 1 aromatic rings. The van der Waals surface area contributed by atoms with Crippen LogP contribution in [-0.4, -0.2) is 30.6 Å². The molecule has 4 rings (SSSR count). The SMILES string of the molecule is NC(=NCC1CC12CCSCC2)NC1CCOc2ccccc21. The van der Waals surface area contributed by atoms with Crippen molar-refractivity contribution in [3.63, 3.8) is 0 Å². The molecule has 5 heteroatoms. The van der Waals surface area contributed by atoms with Crippen LogP contribution in [0.2, 0.25) is 0 Å². The minimum absolute atomic E-state index is 0.211. The first-order valence-electron chi connectivity index (χ1n) is 8.63. The summed E-state index contributed by atoms with van der Waals surface area (Å²) in [5.74, 6) is 4.95. The lowest BCUT2D eigenvalue weighted by Crippen LogP contribution is -2.37. The Morgan fingerprint density at radius 1 is 1.35 bits per heavy atom. The van der Waals surface area contributed by atoms with E-state index in [1.165, 1.54) is 36.3 Å². The molecule has 0 radical (unpaired) electrons. The topological polar surface area (TPSA) is 59.6 Å². The molecule has 0 bridgehead atoms. The highest BCUT2D eigenvalue weighted by atomic mass is 32.2. The molecule has 2 unspecified atom stereocenters. The maximum Gasteiger partial charge on any atom is 0.189 e. The van der Waals surface area contributed by atoms with E-state index in [9.17, 15) is 0 Å². The Bertz CT molecular complexity index is 598. The summed E-state index contributed by atoms with van der Waals surface area (Å²) in [5, 5.41) is 3.39. The second-order valence-electron chi connectivity index (χ2n) is 6.97. The van der Waals surface area contributed by atoms with Gasteiger partial charge in [-0.1, -0.05) is 18.2 Å². The van der Waals surface area contributed by atoms with Crippen LogP contribution in [0.3, 0.4) is 0 Å². The van der Waals surface area contributed by atoms with Gasteiger partial charge in [0.2, 0.25) is 0 Å². The van der Waals surface area contributed by atoms with E-state index in [-0.39, 0.29) is 6.04 Å². The molecule has 23 heavy (non-hydrogen) atoms. The number of aliphatic imine (C=N–C) groups is 1. The molecular weight excluding hydrogens is 306 g/mol. The first-order chi connectivity index (χ1) is 11.3. The van der Waals surface area contributed by atoms with Crippen molar-refractivity contribution in [1.29, 1.82) is 0 Å². The summed E-state index contributed by atoms with van der Waals surface area (Å²) in [6.45, 7) is 1.61. The van der Waals surface area contributed by atoms with Crippen LogP contribution in [-0.2, 0) is 0 Å². The van der Waals surface area contributed by atoms with Gasteiger partial charge in [-0.25, -0.2) is 0 Å². The van der Waals surface area contributed by atoms with Gasteiger partial charge in [0.25, 0.3) is 0 Å². The number of para-hydroxylation sites is 1. The summed E-state index contributed by atoms with van der Waals surface area (Å²) in [4.78, 5) is 4.64. The van der Waals surface area contributed by atoms with Gasteiger partial charge < -0.3 is 15.8 Å². The number of thioether (sulfide) groups is 1. The average Bonchev–Trinajstić information content (AvgIpc) is 3.25. The van der Waals surface area contributed by atoms with Crippen LogP contribution in [0.15, 0.2) is 29.3 Å². The average molecular weight is 331 g/mol. The van der Waals surface area contributed by atoms with E-state index >= 15 is 0 Å². The van der Waals surface area contributed by atoms with E-state index in [2.05, 4.69) is 28.1 Å². The summed E-state index contributed by atoms with van der Waals surface area (Å²) < 4.78 is 5.70. The van der Waals surface area contributed by atoms with E-state index in [1.807, 2.05) is 18.2 Å². The number of rotatable bonds is 3. The Kier molecular flexibility index (Phi) is 4.14. The van der Waals surface area contributed by atoms with Crippen LogP contribution >= 0.6 is 11.8 Å². The Labute approximate surface area is 142 Å². The number of ether oxygens (including phenoxy) is 1. The molecular formula is C18H25N3OS. The van der Waals surface area contributed by atoms with Crippen molar-refractivity contribution in [2.24, 2.45) is 22.1 Å². The zero-order valence-corrected chi connectivity index (χ0v) is 14.3. The molecule has 2 aliphatic heterocycles. The van der Waals surface area contributed by atoms with E-state index in [0.29, 0.717) is 11.4 Å². The summed E-state index contributed by atoms with van der Waals surface area (Å²) in [5.41, 5.74) is 7.95. The van der Waals surface area contributed by atoms with Crippen molar-refractivity contribution in [3.8, 4) is 5.75 Å². The van der Waals surface area contributed by atoms with Crippen LogP contribution in [0.1, 0.15) is 37.3 Å². The molecule has 1 saturated heterocycles. The molecule has 1 spiro atoms. The third-order valence-corrected chi connectivity index (χ3v) is 6.60. The molecule has 2 fully saturated rings. The number of hydrogen-bond donors (Lipinski definition) is 2. The monoisotopic (exact) mass is 331 g/mol. The minimum Gasteiger partial charge on any atom is -0.493 e. The van der Waals surface area contributed by atoms with E-state index in [4.69, 9.17) is 10.5 Å². The Hall–Kier alpha value is -1.36. The van der Waals surface area contributed by atoms with E-state index in [1.54, 1.807) is 0 Å². The van der Waals surface area contributed by atoms with Gasteiger partial charge in [-0.2, -0.15) is 11.8 Å². The fraction of sp³-hybridized carbons (Fsp3) is 0.611. The molecule has 2 atom stereocenters. The van der Waals surface area contributed by atoms with Gasteiger partial charge in [0.15, 0.2) is 5.96 Å². The number of nitrogens with zero attached hydrogens (tertiary/aromatic N) is 1. The van der Waals surface area contributed by atoms with Crippen LogP contribution < -0.4 is 15.8 Å². The minimum atomic E-state index is 0.211. The number of benzene rings is 1. The highest BCUT2D eigenvalue weighted by Crippen LogP contribution is 2.60. The fourth-order valence-corrected chi connectivity index (χ4v) is 5.31. The largest absolute Gasteiger partial charge is 0.493 e. The Balaban J connectivity index is 1.35. The van der Waals surface area contributed by atoms with E-state index in [0.717, 1.165) is 31.2 Å². The number of nitrogens with one attached hydrogen (secondary N) is 1. The Morgan fingerprint density at radius 3 is 3.04 bits per heavy atom. The van der Waals surface area contributed by atoms with Gasteiger partial charge in [0.1, 0.15) is 5.75 Å². The van der Waals surface area contributed by atoms with Gasteiger partial charge in [-0.15, -0.1) is 0 Å². The molecule has 124 valence electrons. The fourth-order valence-electron chi connectivity index (χ4n) is 4.00. The van der Waals surface area contributed by atoms with Crippen molar-refractivity contribution < 1.29 is 4.74 Å². The molecule has 0 aromatic heterocycles. The second kappa shape index (κ2) is 6.27. The van der Waals surface area contributed by atoms with Crippen LogP contribution in [0.5, 0.6) is 5.75 Å². The van der Waals surface area contributed by atoms with Crippen LogP contribution in [0.25, 0.3) is 0 Å². The lowest BCUT2D eigenvalue weighted by molar-refractivity contribution is 0.262. The second-order valence-corrected chi connectivity index (χ2v) is 8.20. The molecule has 1 saturated carbocycles. The van der Waals surface area contributed by atoms with Crippen molar-refractivity contribution in [2.75, 3.05) is 24.7 Å². The molecule has 1 aromatic carbocycles. The van der Waals surface area contributed by atoms with Crippen molar-refractivity contribution in [1.82, 2.24) is 5.32 Å². The lowest BCUT2D eigenvalue weighted by Gasteiger charge is -2.27. The van der Waals surface area contributed by atoms with Crippen molar-refractivity contribution in [2.45, 2.75) is 31.7 Å². The maximum absolute atomic E-state index is 6.15. The molecule has 3 N–H and O–H groups in total. The van der Waals surface area contributed by atoms with Gasteiger partial charge in [-0.3, -0.25) is 4.99 Å². The maximum atomic E-state index is 6.15. The zero-order chi connectivity index (χ0) is 15.7. The number of fused-ring (bicyclic) bond motifs is 1. The quantitative estimate of drug-likeness (QED) is 0.660. The van der Waals surface area contributed by atoms with Gasteiger partial charge in [-0.05, 0) is 48.2 Å². The third-order valence-electron chi connectivity index (χ3n) is 5.61. The summed E-state index contributed by atoms with van der Waals surface area (Å²) in [6.07, 6.45) is 5.03. The highest BCUT2D eigenvalue weighted by Gasteiger charge is 2.53. The van der Waals surface area contributed by atoms with E-state index < -0.39 is 0 Å². The first-order valence-corrected chi connectivity index (χ1v) is 9.78. The number of hydrogen-bond acceptors (Lipinski definition) is 3. The van der Waals surface area contributed by atoms with Crippen molar-refractivity contribution >= 4 is 17.7 Å². The van der Waals surface area contributed by atoms with Gasteiger partial charge in [0, 0.05) is 18.5 Å². The molecule has 0 amide bonds. The highest BCUT2D eigenvalue weighted by molar-refractivity contribution is 7.99. The Morgan fingerprint density at radius 2 is 2.17 bits per heavy atom. The number of guanidine groups is 1. The standard InChI is InChI=1S/C18H25N3OS/c19-17(20-12-13-11-18(13)6-9-23-10-7-18)21-15-5-8-22-16-4-2-1-3-14(15)16/h1-4,13,15H,5-12H2,(H3,19,20,21). The summed E-state index contributed by atoms with van der Waals surface area (Å²) >= 11 is 2.10. The van der Waals surface area contributed by atoms with Gasteiger partial charge >= 0.3 is 0 Å². The number of nitrogens with two attached hydrogens (primary N) is 1. The summed E-state index contributed by atoms with van der Waals surface area (Å²) in [6, 6.07) is 8.39. The smallest absolute Gasteiger partial charge is 0.189 e. The van der Waals surface area contributed by atoms with Crippen LogP contribution in [0.4, 0.5) is 0 Å². The lowest BCUT2D eigenvalue weighted by atomic mass is 9.96. The molecule has 3 aliphatic rings. The summed E-state index contributed by atoms with van der Waals surface area (Å²) in [7, 11) is 0. The van der Waals surface area contributed by atoms with Crippen molar-refractivity contribution in [3.05, 3.63) is 29.8 Å². The predicted molar refractivity (Wildman–Crippen MR) is 96.0 cm³/mol. The molecule has 4 nitrogen and oxygen atoms in total. The van der Waals surface area contributed by atoms with Gasteiger partial charge in [0.05, 0.1) is 12.6 Å². The third kappa shape index (κ3) is 3.16. The molecule has 2 heterocycles. The predicted octanol–water partition coefficient (Wildman–Crippen LogP) is 2.95. The normalized spacial score (nSPS) is 28.8. The van der Waals surface area contributed by atoms with Crippen LogP contribution in [0, 0.1) is 11.3 Å². The zero-order valence-electron chi connectivity index (χ0n) is 13.5. The first kappa shape index (κ1) is 15.2.